The summed E-state index contributed by atoms with van der Waals surface area (Å²) < 4.78 is 5.30. The Hall–Kier alpha value is -1.39. The summed E-state index contributed by atoms with van der Waals surface area (Å²) >= 11 is 0. The monoisotopic (exact) mass is 290 g/mol. The second-order valence-electron chi connectivity index (χ2n) is 5.68. The van der Waals surface area contributed by atoms with Gasteiger partial charge in [-0.1, -0.05) is 19.1 Å². The molecule has 1 atom stereocenters. The van der Waals surface area contributed by atoms with Crippen LogP contribution in [-0.4, -0.2) is 25.7 Å². The van der Waals surface area contributed by atoms with Crippen LogP contribution < -0.4 is 10.6 Å². The predicted octanol–water partition coefficient (Wildman–Crippen LogP) is 3.11. The highest BCUT2D eigenvalue weighted by Crippen LogP contribution is 2.20. The molecule has 1 aromatic rings. The van der Waals surface area contributed by atoms with Crippen molar-refractivity contribution < 1.29 is 9.53 Å². The van der Waals surface area contributed by atoms with Crippen LogP contribution in [0.4, 0.5) is 5.69 Å². The maximum absolute atomic E-state index is 12.2. The second kappa shape index (κ2) is 8.15. The maximum atomic E-state index is 12.2. The van der Waals surface area contributed by atoms with Crippen LogP contribution in [-0.2, 0) is 9.53 Å². The molecule has 1 heterocycles. The zero-order valence-electron chi connectivity index (χ0n) is 13.0. The molecular formula is C17H26N2O2. The highest BCUT2D eigenvalue weighted by Gasteiger charge is 2.21. The molecule has 2 N–H and O–H groups in total. The Morgan fingerprint density at radius 1 is 1.38 bits per heavy atom. The second-order valence-corrected chi connectivity index (χ2v) is 5.68. The van der Waals surface area contributed by atoms with Crippen molar-refractivity contribution in [2.45, 2.75) is 39.2 Å². The number of benzene rings is 1. The van der Waals surface area contributed by atoms with Crippen LogP contribution in [0.2, 0.25) is 0 Å². The minimum absolute atomic E-state index is 0.0815. The third kappa shape index (κ3) is 4.83. The molecule has 0 saturated carbocycles. The van der Waals surface area contributed by atoms with Crippen molar-refractivity contribution >= 4 is 11.6 Å². The number of anilines is 1. The molecule has 1 aliphatic rings. The molecule has 0 aromatic heterocycles. The van der Waals surface area contributed by atoms with Crippen molar-refractivity contribution in [3.63, 3.8) is 0 Å². The first-order valence-electron chi connectivity index (χ1n) is 7.92. The first-order chi connectivity index (χ1) is 10.2. The number of rotatable bonds is 6. The lowest BCUT2D eigenvalue weighted by atomic mass is 9.99. The van der Waals surface area contributed by atoms with Gasteiger partial charge in [0.1, 0.15) is 0 Å². The van der Waals surface area contributed by atoms with Crippen molar-refractivity contribution in [2.75, 3.05) is 25.1 Å². The molecule has 1 aliphatic heterocycles. The van der Waals surface area contributed by atoms with Gasteiger partial charge in [-0.2, -0.15) is 0 Å². The minimum Gasteiger partial charge on any atom is -0.381 e. The summed E-state index contributed by atoms with van der Waals surface area (Å²) in [6.07, 6.45) is 2.75. The number of ether oxygens (including phenoxy) is 1. The lowest BCUT2D eigenvalue weighted by molar-refractivity contribution is -0.122. The van der Waals surface area contributed by atoms with Gasteiger partial charge in [-0.25, -0.2) is 0 Å². The standard InChI is InChI=1S/C17H26N2O2/c1-3-9-18-13(2)15-5-4-6-16(12-15)19-17(20)14-7-10-21-11-8-14/h4-6,12-14,18H,3,7-11H2,1-2H3,(H,19,20). The Morgan fingerprint density at radius 3 is 2.86 bits per heavy atom. The Bertz CT molecular complexity index is 456. The van der Waals surface area contributed by atoms with Gasteiger partial charge in [0.05, 0.1) is 0 Å². The van der Waals surface area contributed by atoms with Crippen molar-refractivity contribution in [3.05, 3.63) is 29.8 Å². The summed E-state index contributed by atoms with van der Waals surface area (Å²) in [5, 5.41) is 6.50. The highest BCUT2D eigenvalue weighted by molar-refractivity contribution is 5.92. The molecule has 0 bridgehead atoms. The third-order valence-electron chi connectivity index (χ3n) is 3.95. The average Bonchev–Trinajstić information content (AvgIpc) is 2.53. The van der Waals surface area contributed by atoms with Gasteiger partial charge >= 0.3 is 0 Å². The molecule has 2 rings (SSSR count). The Balaban J connectivity index is 1.95. The van der Waals surface area contributed by atoms with E-state index in [1.165, 1.54) is 5.56 Å². The number of carbonyl (C=O) groups is 1. The molecule has 1 fully saturated rings. The first-order valence-corrected chi connectivity index (χ1v) is 7.92. The predicted molar refractivity (Wildman–Crippen MR) is 85.3 cm³/mol. The molecular weight excluding hydrogens is 264 g/mol. The van der Waals surface area contributed by atoms with Crippen molar-refractivity contribution in [3.8, 4) is 0 Å². The molecule has 21 heavy (non-hydrogen) atoms. The fourth-order valence-corrected chi connectivity index (χ4v) is 2.57. The maximum Gasteiger partial charge on any atom is 0.227 e. The normalized spacial score (nSPS) is 17.4. The van der Waals surface area contributed by atoms with Crippen LogP contribution in [0, 0.1) is 5.92 Å². The number of carbonyl (C=O) groups excluding carboxylic acids is 1. The van der Waals surface area contributed by atoms with Gasteiger partial charge in [-0.3, -0.25) is 4.79 Å². The van der Waals surface area contributed by atoms with Gasteiger partial charge in [0.25, 0.3) is 0 Å². The summed E-state index contributed by atoms with van der Waals surface area (Å²) in [7, 11) is 0. The summed E-state index contributed by atoms with van der Waals surface area (Å²) in [5.41, 5.74) is 2.09. The first kappa shape index (κ1) is 16.0. The van der Waals surface area contributed by atoms with E-state index in [1.807, 2.05) is 12.1 Å². The summed E-state index contributed by atoms with van der Waals surface area (Å²) in [6.45, 7) is 6.69. The quantitative estimate of drug-likeness (QED) is 0.846. The number of hydrogen-bond donors (Lipinski definition) is 2. The molecule has 1 amide bonds. The minimum atomic E-state index is 0.0815. The van der Waals surface area contributed by atoms with Crippen LogP contribution in [0.15, 0.2) is 24.3 Å². The van der Waals surface area contributed by atoms with Crippen LogP contribution in [0.3, 0.4) is 0 Å². The largest absolute Gasteiger partial charge is 0.381 e. The topological polar surface area (TPSA) is 50.4 Å². The van der Waals surface area contributed by atoms with Gasteiger partial charge in [-0.05, 0) is 50.4 Å². The Kier molecular flexibility index (Phi) is 6.21. The van der Waals surface area contributed by atoms with E-state index in [4.69, 9.17) is 4.74 Å². The van der Waals surface area contributed by atoms with Crippen LogP contribution >= 0.6 is 0 Å². The molecule has 4 nitrogen and oxygen atoms in total. The number of nitrogens with one attached hydrogen (secondary N) is 2. The Labute approximate surface area is 127 Å². The van der Waals surface area contributed by atoms with Gasteiger partial charge in [0.2, 0.25) is 5.91 Å². The van der Waals surface area contributed by atoms with E-state index in [-0.39, 0.29) is 11.8 Å². The van der Waals surface area contributed by atoms with Gasteiger partial charge in [0, 0.05) is 30.9 Å². The third-order valence-corrected chi connectivity index (χ3v) is 3.95. The fourth-order valence-electron chi connectivity index (χ4n) is 2.57. The molecule has 4 heteroatoms. The molecule has 116 valence electrons. The fraction of sp³-hybridized carbons (Fsp3) is 0.588. The van der Waals surface area contributed by atoms with E-state index in [0.717, 1.165) is 31.5 Å². The van der Waals surface area contributed by atoms with Crippen LogP contribution in [0.5, 0.6) is 0 Å². The van der Waals surface area contributed by atoms with E-state index in [9.17, 15) is 4.79 Å². The van der Waals surface area contributed by atoms with E-state index in [2.05, 4.69) is 36.6 Å². The SMILES string of the molecule is CCCNC(C)c1cccc(NC(=O)C2CCOCC2)c1. The molecule has 0 radical (unpaired) electrons. The lowest BCUT2D eigenvalue weighted by Crippen LogP contribution is -2.28. The number of amides is 1. The van der Waals surface area contributed by atoms with E-state index in [1.54, 1.807) is 0 Å². The number of hydrogen-bond acceptors (Lipinski definition) is 3. The van der Waals surface area contributed by atoms with Crippen molar-refractivity contribution in [2.24, 2.45) is 5.92 Å². The summed E-state index contributed by atoms with van der Waals surface area (Å²) in [4.78, 5) is 12.2. The van der Waals surface area contributed by atoms with Crippen LogP contribution in [0.1, 0.15) is 44.7 Å². The smallest absolute Gasteiger partial charge is 0.227 e. The average molecular weight is 290 g/mol. The molecule has 1 unspecified atom stereocenters. The van der Waals surface area contributed by atoms with E-state index in [0.29, 0.717) is 19.3 Å². The Morgan fingerprint density at radius 2 is 2.14 bits per heavy atom. The van der Waals surface area contributed by atoms with Gasteiger partial charge < -0.3 is 15.4 Å². The summed E-state index contributed by atoms with van der Waals surface area (Å²) in [5.74, 6) is 0.197. The molecule has 0 spiro atoms. The van der Waals surface area contributed by atoms with Gasteiger partial charge in [-0.15, -0.1) is 0 Å². The van der Waals surface area contributed by atoms with Crippen molar-refractivity contribution in [1.82, 2.24) is 5.32 Å². The molecule has 0 aliphatic carbocycles. The molecule has 1 saturated heterocycles. The lowest BCUT2D eigenvalue weighted by Gasteiger charge is -2.21. The van der Waals surface area contributed by atoms with E-state index < -0.39 is 0 Å². The van der Waals surface area contributed by atoms with Crippen molar-refractivity contribution in [1.29, 1.82) is 0 Å². The molecule has 1 aromatic carbocycles. The van der Waals surface area contributed by atoms with Gasteiger partial charge in [0.15, 0.2) is 0 Å². The zero-order valence-corrected chi connectivity index (χ0v) is 13.0. The summed E-state index contributed by atoms with van der Waals surface area (Å²) in [6, 6.07) is 8.40. The zero-order chi connectivity index (χ0) is 15.1. The highest BCUT2D eigenvalue weighted by atomic mass is 16.5. The van der Waals surface area contributed by atoms with E-state index >= 15 is 0 Å². The van der Waals surface area contributed by atoms with Crippen LogP contribution in [0.25, 0.3) is 0 Å².